The van der Waals surface area contributed by atoms with Crippen molar-refractivity contribution in [3.8, 4) is 11.8 Å². The smallest absolute Gasteiger partial charge is 0.103 e. The molecule has 20 heavy (non-hydrogen) atoms. The molecule has 0 radical (unpaired) electrons. The number of benzene rings is 1. The molecule has 1 aromatic carbocycles. The van der Waals surface area contributed by atoms with Crippen molar-refractivity contribution in [3.05, 3.63) is 52.4 Å². The Hall–Kier alpha value is -2.38. The van der Waals surface area contributed by atoms with E-state index in [1.807, 2.05) is 38.1 Å². The molecule has 0 saturated carbocycles. The Kier molecular flexibility index (Phi) is 2.92. The van der Waals surface area contributed by atoms with Crippen LogP contribution < -0.4 is 0 Å². The normalized spacial score (nSPS) is 10.7. The second-order valence-electron chi connectivity index (χ2n) is 4.55. The SMILES string of the molecule is Cc1nn(-c2c(C#N)cnc3ccccc23)c(C)c1Cl. The lowest BCUT2D eigenvalue weighted by molar-refractivity contribution is 0.836. The largest absolute Gasteiger partial charge is 0.255 e. The van der Waals surface area contributed by atoms with Crippen molar-refractivity contribution in [3.63, 3.8) is 0 Å². The zero-order chi connectivity index (χ0) is 14.3. The summed E-state index contributed by atoms with van der Waals surface area (Å²) in [5, 5.41) is 15.3. The molecule has 0 unspecified atom stereocenters. The molecular weight excluding hydrogens is 272 g/mol. The van der Waals surface area contributed by atoms with E-state index in [0.29, 0.717) is 10.6 Å². The van der Waals surface area contributed by atoms with Crippen LogP contribution in [0.2, 0.25) is 5.02 Å². The van der Waals surface area contributed by atoms with Gasteiger partial charge < -0.3 is 0 Å². The molecule has 0 aliphatic carbocycles. The molecule has 0 spiro atoms. The fourth-order valence-electron chi connectivity index (χ4n) is 2.28. The van der Waals surface area contributed by atoms with Crippen LogP contribution in [0.5, 0.6) is 0 Å². The van der Waals surface area contributed by atoms with E-state index in [9.17, 15) is 5.26 Å². The molecule has 0 aliphatic heterocycles. The molecule has 0 aliphatic rings. The number of aromatic nitrogens is 3. The predicted octanol–water partition coefficient (Wildman–Crippen LogP) is 3.56. The fraction of sp³-hybridized carbons (Fsp3) is 0.133. The van der Waals surface area contributed by atoms with E-state index in [1.54, 1.807) is 10.9 Å². The van der Waals surface area contributed by atoms with E-state index in [0.717, 1.165) is 28.0 Å². The Morgan fingerprint density at radius 3 is 2.65 bits per heavy atom. The summed E-state index contributed by atoms with van der Waals surface area (Å²) in [5.74, 6) is 0. The summed E-state index contributed by atoms with van der Waals surface area (Å²) in [7, 11) is 0. The van der Waals surface area contributed by atoms with Crippen LogP contribution in [0.3, 0.4) is 0 Å². The van der Waals surface area contributed by atoms with Crippen LogP contribution in [0, 0.1) is 25.2 Å². The van der Waals surface area contributed by atoms with Gasteiger partial charge in [-0.1, -0.05) is 29.8 Å². The molecule has 4 nitrogen and oxygen atoms in total. The van der Waals surface area contributed by atoms with Gasteiger partial charge in [-0.25, -0.2) is 4.68 Å². The number of nitrogens with zero attached hydrogens (tertiary/aromatic N) is 4. The number of nitriles is 1. The summed E-state index contributed by atoms with van der Waals surface area (Å²) in [6.45, 7) is 3.74. The van der Waals surface area contributed by atoms with Crippen molar-refractivity contribution >= 4 is 22.5 Å². The standard InChI is InChI=1S/C15H11ClN4/c1-9-14(16)10(2)20(19-9)15-11(7-17)8-18-13-6-4-3-5-12(13)15/h3-6,8H,1-2H3. The molecule has 3 aromatic rings. The summed E-state index contributed by atoms with van der Waals surface area (Å²) in [6, 6.07) is 9.85. The van der Waals surface area contributed by atoms with Crippen LogP contribution in [-0.2, 0) is 0 Å². The number of halogens is 1. The number of hydrogen-bond donors (Lipinski definition) is 0. The third-order valence-electron chi connectivity index (χ3n) is 3.28. The number of fused-ring (bicyclic) bond motifs is 1. The van der Waals surface area contributed by atoms with Crippen LogP contribution in [0.15, 0.2) is 30.5 Å². The quantitative estimate of drug-likeness (QED) is 0.686. The van der Waals surface area contributed by atoms with E-state index in [2.05, 4.69) is 16.2 Å². The van der Waals surface area contributed by atoms with E-state index in [-0.39, 0.29) is 0 Å². The van der Waals surface area contributed by atoms with Gasteiger partial charge in [-0.15, -0.1) is 0 Å². The summed E-state index contributed by atoms with van der Waals surface area (Å²) in [5.41, 5.74) is 3.59. The lowest BCUT2D eigenvalue weighted by Crippen LogP contribution is -2.04. The summed E-state index contributed by atoms with van der Waals surface area (Å²) in [4.78, 5) is 4.30. The molecule has 2 heterocycles. The molecule has 3 rings (SSSR count). The molecule has 0 atom stereocenters. The van der Waals surface area contributed by atoms with Gasteiger partial charge >= 0.3 is 0 Å². The number of para-hydroxylation sites is 1. The zero-order valence-electron chi connectivity index (χ0n) is 11.1. The van der Waals surface area contributed by atoms with Crippen LogP contribution in [0.4, 0.5) is 0 Å². The van der Waals surface area contributed by atoms with Crippen molar-refractivity contribution in [2.75, 3.05) is 0 Å². The first-order chi connectivity index (χ1) is 9.63. The molecule has 0 saturated heterocycles. The topological polar surface area (TPSA) is 54.5 Å². The molecule has 5 heteroatoms. The molecule has 2 aromatic heterocycles. The highest BCUT2D eigenvalue weighted by Gasteiger charge is 2.16. The third-order valence-corrected chi connectivity index (χ3v) is 3.83. The van der Waals surface area contributed by atoms with Gasteiger partial charge in [-0.3, -0.25) is 4.98 Å². The Morgan fingerprint density at radius 2 is 2.00 bits per heavy atom. The Labute approximate surface area is 121 Å². The highest BCUT2D eigenvalue weighted by atomic mass is 35.5. The van der Waals surface area contributed by atoms with Crippen LogP contribution in [-0.4, -0.2) is 14.8 Å². The Bertz CT molecular complexity index is 858. The van der Waals surface area contributed by atoms with Gasteiger partial charge in [0, 0.05) is 11.6 Å². The molecule has 0 bridgehead atoms. The maximum Gasteiger partial charge on any atom is 0.103 e. The van der Waals surface area contributed by atoms with Crippen LogP contribution >= 0.6 is 11.6 Å². The molecule has 0 fully saturated rings. The fourth-order valence-corrected chi connectivity index (χ4v) is 2.40. The average molecular weight is 283 g/mol. The summed E-state index contributed by atoms with van der Waals surface area (Å²) >= 11 is 6.21. The van der Waals surface area contributed by atoms with Gasteiger partial charge in [-0.05, 0) is 19.9 Å². The Balaban J connectivity index is 2.45. The second kappa shape index (κ2) is 4.62. The minimum Gasteiger partial charge on any atom is -0.255 e. The highest BCUT2D eigenvalue weighted by molar-refractivity contribution is 6.31. The molecular formula is C15H11ClN4. The van der Waals surface area contributed by atoms with Gasteiger partial charge in [-0.2, -0.15) is 10.4 Å². The molecule has 0 amide bonds. The van der Waals surface area contributed by atoms with Gasteiger partial charge in [0.1, 0.15) is 6.07 Å². The first kappa shape index (κ1) is 12.6. The van der Waals surface area contributed by atoms with Crippen LogP contribution in [0.25, 0.3) is 16.6 Å². The first-order valence-electron chi connectivity index (χ1n) is 6.13. The Morgan fingerprint density at radius 1 is 1.25 bits per heavy atom. The number of hydrogen-bond acceptors (Lipinski definition) is 3. The van der Waals surface area contributed by atoms with Gasteiger partial charge in [0.15, 0.2) is 0 Å². The van der Waals surface area contributed by atoms with E-state index in [4.69, 9.17) is 11.6 Å². The molecule has 0 N–H and O–H groups in total. The first-order valence-corrected chi connectivity index (χ1v) is 6.51. The van der Waals surface area contributed by atoms with Gasteiger partial charge in [0.05, 0.1) is 33.2 Å². The van der Waals surface area contributed by atoms with Crippen molar-refractivity contribution in [1.82, 2.24) is 14.8 Å². The maximum atomic E-state index is 9.34. The maximum absolute atomic E-state index is 9.34. The lowest BCUT2D eigenvalue weighted by Gasteiger charge is -2.10. The van der Waals surface area contributed by atoms with Crippen molar-refractivity contribution < 1.29 is 0 Å². The van der Waals surface area contributed by atoms with Crippen molar-refractivity contribution in [2.45, 2.75) is 13.8 Å². The van der Waals surface area contributed by atoms with E-state index < -0.39 is 0 Å². The van der Waals surface area contributed by atoms with Crippen molar-refractivity contribution in [1.29, 1.82) is 5.26 Å². The summed E-state index contributed by atoms with van der Waals surface area (Å²) in [6.07, 6.45) is 1.57. The summed E-state index contributed by atoms with van der Waals surface area (Å²) < 4.78 is 1.72. The third kappa shape index (κ3) is 1.75. The van der Waals surface area contributed by atoms with Crippen LogP contribution in [0.1, 0.15) is 17.0 Å². The second-order valence-corrected chi connectivity index (χ2v) is 4.92. The lowest BCUT2D eigenvalue weighted by atomic mass is 10.1. The minimum absolute atomic E-state index is 0.478. The van der Waals surface area contributed by atoms with Gasteiger partial charge in [0.25, 0.3) is 0 Å². The van der Waals surface area contributed by atoms with Crippen molar-refractivity contribution in [2.24, 2.45) is 0 Å². The zero-order valence-corrected chi connectivity index (χ0v) is 11.8. The number of rotatable bonds is 1. The monoisotopic (exact) mass is 282 g/mol. The number of aryl methyl sites for hydroxylation is 1. The van der Waals surface area contributed by atoms with E-state index in [1.165, 1.54) is 0 Å². The molecule has 98 valence electrons. The number of pyridine rings is 1. The average Bonchev–Trinajstić information content (AvgIpc) is 2.73. The van der Waals surface area contributed by atoms with Gasteiger partial charge in [0.2, 0.25) is 0 Å². The minimum atomic E-state index is 0.478. The van der Waals surface area contributed by atoms with E-state index >= 15 is 0 Å². The predicted molar refractivity (Wildman–Crippen MR) is 78.1 cm³/mol. The highest BCUT2D eigenvalue weighted by Crippen LogP contribution is 2.28.